The Labute approximate surface area is 93.5 Å². The minimum atomic E-state index is -0.247. The molecule has 82 valence electrons. The van der Waals surface area contributed by atoms with Crippen molar-refractivity contribution in [2.45, 2.75) is 13.0 Å². The van der Waals surface area contributed by atoms with E-state index >= 15 is 0 Å². The predicted octanol–water partition coefficient (Wildman–Crippen LogP) is 2.12. The Bertz CT molecular complexity index is 455. The van der Waals surface area contributed by atoms with Gasteiger partial charge in [0.15, 0.2) is 0 Å². The third-order valence-electron chi connectivity index (χ3n) is 2.32. The SMILES string of the molecule is CC(CN)n1ncc2ccc(F)cc21.Cl. The lowest BCUT2D eigenvalue weighted by atomic mass is 10.2. The Morgan fingerprint density at radius 1 is 1.53 bits per heavy atom. The molecule has 0 bridgehead atoms. The Kier molecular flexibility index (Phi) is 3.66. The van der Waals surface area contributed by atoms with Gasteiger partial charge in [-0.1, -0.05) is 0 Å². The zero-order valence-corrected chi connectivity index (χ0v) is 9.17. The molecule has 1 atom stereocenters. The number of benzene rings is 1. The fourth-order valence-corrected chi connectivity index (χ4v) is 1.46. The fraction of sp³-hybridized carbons (Fsp3) is 0.300. The largest absolute Gasteiger partial charge is 0.328 e. The molecule has 0 saturated heterocycles. The van der Waals surface area contributed by atoms with Gasteiger partial charge >= 0.3 is 0 Å². The van der Waals surface area contributed by atoms with E-state index in [2.05, 4.69) is 5.10 Å². The lowest BCUT2D eigenvalue weighted by molar-refractivity contribution is 0.515. The molecular formula is C10H13ClFN3. The molecule has 0 aliphatic heterocycles. The summed E-state index contributed by atoms with van der Waals surface area (Å²) in [6, 6.07) is 4.72. The molecule has 15 heavy (non-hydrogen) atoms. The quantitative estimate of drug-likeness (QED) is 0.857. The van der Waals surface area contributed by atoms with Crippen molar-refractivity contribution in [1.29, 1.82) is 0 Å². The Morgan fingerprint density at radius 2 is 2.27 bits per heavy atom. The molecule has 5 heteroatoms. The van der Waals surface area contributed by atoms with Crippen molar-refractivity contribution < 1.29 is 4.39 Å². The lowest BCUT2D eigenvalue weighted by Crippen LogP contribution is -2.16. The van der Waals surface area contributed by atoms with Gasteiger partial charge in [0.2, 0.25) is 0 Å². The van der Waals surface area contributed by atoms with Crippen LogP contribution in [0.3, 0.4) is 0 Å². The molecular weight excluding hydrogens is 217 g/mol. The van der Waals surface area contributed by atoms with Crippen molar-refractivity contribution in [2.24, 2.45) is 5.73 Å². The molecule has 1 heterocycles. The second-order valence-electron chi connectivity index (χ2n) is 3.38. The van der Waals surface area contributed by atoms with Gasteiger partial charge in [-0.2, -0.15) is 5.10 Å². The summed E-state index contributed by atoms with van der Waals surface area (Å²) in [4.78, 5) is 0. The molecule has 0 amide bonds. The zero-order chi connectivity index (χ0) is 10.1. The summed E-state index contributed by atoms with van der Waals surface area (Å²) in [5, 5.41) is 5.11. The van der Waals surface area contributed by atoms with Crippen LogP contribution < -0.4 is 5.73 Å². The van der Waals surface area contributed by atoms with Crippen molar-refractivity contribution in [3.8, 4) is 0 Å². The number of halogens is 2. The van der Waals surface area contributed by atoms with Gasteiger partial charge in [-0.05, 0) is 25.1 Å². The highest BCUT2D eigenvalue weighted by Gasteiger charge is 2.08. The summed E-state index contributed by atoms with van der Waals surface area (Å²) >= 11 is 0. The number of hydrogen-bond acceptors (Lipinski definition) is 2. The molecule has 1 aromatic carbocycles. The molecule has 0 fully saturated rings. The second kappa shape index (κ2) is 4.59. The third kappa shape index (κ3) is 2.11. The molecule has 2 N–H and O–H groups in total. The number of hydrogen-bond donors (Lipinski definition) is 1. The van der Waals surface area contributed by atoms with Gasteiger partial charge in [-0.25, -0.2) is 4.39 Å². The molecule has 0 aliphatic carbocycles. The van der Waals surface area contributed by atoms with Crippen LogP contribution >= 0.6 is 12.4 Å². The second-order valence-corrected chi connectivity index (χ2v) is 3.38. The molecule has 3 nitrogen and oxygen atoms in total. The van der Waals surface area contributed by atoms with Crippen LogP contribution in [0.4, 0.5) is 4.39 Å². The summed E-state index contributed by atoms with van der Waals surface area (Å²) in [5.74, 6) is -0.247. The van der Waals surface area contributed by atoms with Crippen LogP contribution in [0.2, 0.25) is 0 Å². The summed E-state index contributed by atoms with van der Waals surface area (Å²) in [5.41, 5.74) is 6.33. The van der Waals surface area contributed by atoms with E-state index in [1.165, 1.54) is 12.1 Å². The summed E-state index contributed by atoms with van der Waals surface area (Å²) in [6.45, 7) is 2.45. The highest BCUT2D eigenvalue weighted by Crippen LogP contribution is 2.18. The minimum Gasteiger partial charge on any atom is -0.328 e. The maximum Gasteiger partial charge on any atom is 0.125 e. The van der Waals surface area contributed by atoms with Gasteiger partial charge in [0.05, 0.1) is 17.8 Å². The van der Waals surface area contributed by atoms with Crippen LogP contribution in [0, 0.1) is 5.82 Å². The molecule has 0 aliphatic rings. The van der Waals surface area contributed by atoms with E-state index in [0.717, 1.165) is 10.9 Å². The van der Waals surface area contributed by atoms with Crippen LogP contribution in [0.15, 0.2) is 24.4 Å². The number of nitrogens with two attached hydrogens (primary N) is 1. The zero-order valence-electron chi connectivity index (χ0n) is 8.35. The number of fused-ring (bicyclic) bond motifs is 1. The maximum atomic E-state index is 13.0. The summed E-state index contributed by atoms with van der Waals surface area (Å²) in [6.07, 6.45) is 1.72. The van der Waals surface area contributed by atoms with Crippen LogP contribution in [0.1, 0.15) is 13.0 Å². The predicted molar refractivity (Wildman–Crippen MR) is 60.7 cm³/mol. The van der Waals surface area contributed by atoms with Crippen LogP contribution in [-0.4, -0.2) is 16.3 Å². The molecule has 1 aromatic heterocycles. The van der Waals surface area contributed by atoms with Crippen molar-refractivity contribution in [1.82, 2.24) is 9.78 Å². The normalized spacial score (nSPS) is 12.5. The summed E-state index contributed by atoms with van der Waals surface area (Å²) < 4.78 is 14.7. The van der Waals surface area contributed by atoms with Gasteiger partial charge in [-0.15, -0.1) is 12.4 Å². The highest BCUT2D eigenvalue weighted by atomic mass is 35.5. The van der Waals surface area contributed by atoms with Crippen LogP contribution in [-0.2, 0) is 0 Å². The van der Waals surface area contributed by atoms with E-state index in [4.69, 9.17) is 5.73 Å². The third-order valence-corrected chi connectivity index (χ3v) is 2.32. The first-order chi connectivity index (χ1) is 6.72. The van der Waals surface area contributed by atoms with E-state index in [1.54, 1.807) is 16.9 Å². The molecule has 0 saturated carbocycles. The first-order valence-corrected chi connectivity index (χ1v) is 4.55. The van der Waals surface area contributed by atoms with Gasteiger partial charge in [0.1, 0.15) is 5.82 Å². The monoisotopic (exact) mass is 229 g/mol. The Hall–Kier alpha value is -1.13. The van der Waals surface area contributed by atoms with Crippen molar-refractivity contribution in [2.75, 3.05) is 6.54 Å². The Balaban J connectivity index is 0.00000112. The molecule has 1 unspecified atom stereocenters. The highest BCUT2D eigenvalue weighted by molar-refractivity contribution is 5.85. The topological polar surface area (TPSA) is 43.8 Å². The molecule has 2 rings (SSSR count). The van der Waals surface area contributed by atoms with Gasteiger partial charge < -0.3 is 5.73 Å². The first kappa shape index (κ1) is 11.9. The van der Waals surface area contributed by atoms with Gasteiger partial charge in [-0.3, -0.25) is 4.68 Å². The molecule has 2 aromatic rings. The maximum absolute atomic E-state index is 13.0. The fourth-order valence-electron chi connectivity index (χ4n) is 1.46. The number of nitrogens with zero attached hydrogens (tertiary/aromatic N) is 2. The minimum absolute atomic E-state index is 0. The van der Waals surface area contributed by atoms with E-state index in [-0.39, 0.29) is 24.3 Å². The van der Waals surface area contributed by atoms with Gasteiger partial charge in [0.25, 0.3) is 0 Å². The first-order valence-electron chi connectivity index (χ1n) is 4.55. The van der Waals surface area contributed by atoms with E-state index < -0.39 is 0 Å². The van der Waals surface area contributed by atoms with Crippen molar-refractivity contribution in [3.05, 3.63) is 30.2 Å². The van der Waals surface area contributed by atoms with E-state index in [0.29, 0.717) is 6.54 Å². The van der Waals surface area contributed by atoms with E-state index in [1.807, 2.05) is 6.92 Å². The Morgan fingerprint density at radius 3 is 2.93 bits per heavy atom. The standard InChI is InChI=1S/C10H12FN3.ClH/c1-7(5-12)14-10-4-9(11)3-2-8(10)6-13-14;/h2-4,6-7H,5,12H2,1H3;1H. The van der Waals surface area contributed by atoms with Gasteiger partial charge in [0, 0.05) is 11.9 Å². The molecule has 0 radical (unpaired) electrons. The van der Waals surface area contributed by atoms with Crippen molar-refractivity contribution in [3.63, 3.8) is 0 Å². The average molecular weight is 230 g/mol. The number of aromatic nitrogens is 2. The average Bonchev–Trinajstić information content (AvgIpc) is 2.59. The van der Waals surface area contributed by atoms with E-state index in [9.17, 15) is 4.39 Å². The lowest BCUT2D eigenvalue weighted by Gasteiger charge is -2.10. The molecule has 0 spiro atoms. The van der Waals surface area contributed by atoms with Crippen LogP contribution in [0.5, 0.6) is 0 Å². The van der Waals surface area contributed by atoms with Crippen molar-refractivity contribution >= 4 is 23.3 Å². The number of rotatable bonds is 2. The summed E-state index contributed by atoms with van der Waals surface area (Å²) in [7, 11) is 0. The smallest absolute Gasteiger partial charge is 0.125 e. The van der Waals surface area contributed by atoms with Crippen LogP contribution in [0.25, 0.3) is 10.9 Å².